The highest BCUT2D eigenvalue weighted by atomic mass is 16.5. The summed E-state index contributed by atoms with van der Waals surface area (Å²) in [6, 6.07) is 3.81. The number of nitrogen functional groups attached to an aromatic ring is 1. The number of nitrogens with zero attached hydrogens (tertiary/aromatic N) is 2. The van der Waals surface area contributed by atoms with E-state index in [4.69, 9.17) is 10.5 Å². The average Bonchev–Trinajstić information content (AvgIpc) is 2.45. The second-order valence-corrected chi connectivity index (χ2v) is 5.20. The van der Waals surface area contributed by atoms with Gasteiger partial charge in [0.15, 0.2) is 0 Å². The Bertz CT molecular complexity index is 502. The summed E-state index contributed by atoms with van der Waals surface area (Å²) in [5, 5.41) is 0. The Balaban J connectivity index is 2.28. The fraction of sp³-hybridized carbons (Fsp3) is 0.533. The Morgan fingerprint density at radius 1 is 1.50 bits per heavy atom. The van der Waals surface area contributed by atoms with Crippen molar-refractivity contribution in [3.05, 3.63) is 17.7 Å². The molecule has 0 unspecified atom stereocenters. The number of hydrogen-bond acceptors (Lipinski definition) is 4. The van der Waals surface area contributed by atoms with Crippen molar-refractivity contribution in [1.82, 2.24) is 4.90 Å². The van der Waals surface area contributed by atoms with Gasteiger partial charge in [0.1, 0.15) is 5.75 Å². The monoisotopic (exact) mass is 277 g/mol. The van der Waals surface area contributed by atoms with E-state index in [0.717, 1.165) is 37.2 Å². The van der Waals surface area contributed by atoms with Crippen molar-refractivity contribution in [2.45, 2.75) is 19.8 Å². The van der Waals surface area contributed by atoms with Crippen molar-refractivity contribution in [3.8, 4) is 5.75 Å². The van der Waals surface area contributed by atoms with E-state index in [-0.39, 0.29) is 5.91 Å². The molecule has 5 heteroatoms. The van der Waals surface area contributed by atoms with Gasteiger partial charge in [-0.05, 0) is 44.1 Å². The molecule has 1 amide bonds. The van der Waals surface area contributed by atoms with Gasteiger partial charge >= 0.3 is 0 Å². The Hall–Kier alpha value is -1.75. The van der Waals surface area contributed by atoms with Crippen LogP contribution in [0.25, 0.3) is 0 Å². The number of hydrogen-bond donors (Lipinski definition) is 1. The van der Waals surface area contributed by atoms with E-state index < -0.39 is 0 Å². The molecule has 1 aliphatic heterocycles. The van der Waals surface area contributed by atoms with Crippen molar-refractivity contribution < 1.29 is 9.53 Å². The zero-order valence-electron chi connectivity index (χ0n) is 12.5. The molecule has 0 radical (unpaired) electrons. The maximum absolute atomic E-state index is 12.4. The lowest BCUT2D eigenvalue weighted by molar-refractivity contribution is -0.119. The number of rotatable bonds is 4. The van der Waals surface area contributed by atoms with E-state index in [1.165, 1.54) is 0 Å². The van der Waals surface area contributed by atoms with Gasteiger partial charge in [-0.3, -0.25) is 9.69 Å². The van der Waals surface area contributed by atoms with Gasteiger partial charge in [0, 0.05) is 12.2 Å². The molecule has 0 aromatic heterocycles. The number of aryl methyl sites for hydroxylation is 1. The highest BCUT2D eigenvalue weighted by Crippen LogP contribution is 2.35. The molecule has 5 nitrogen and oxygen atoms in total. The normalized spacial score (nSPS) is 14.3. The SMILES string of the molecule is CCN(C)CC(=O)N1CCCc2cc(OC)c(N)cc21. The van der Waals surface area contributed by atoms with Gasteiger partial charge in [-0.2, -0.15) is 0 Å². The molecule has 0 saturated heterocycles. The molecule has 0 bridgehead atoms. The standard InChI is InChI=1S/C15H23N3O2/c1-4-17(2)10-15(19)18-7-5-6-11-8-14(20-3)12(16)9-13(11)18/h8-9H,4-7,10,16H2,1-3H3. The third-order valence-electron chi connectivity index (χ3n) is 3.80. The summed E-state index contributed by atoms with van der Waals surface area (Å²) < 4.78 is 5.25. The van der Waals surface area contributed by atoms with E-state index in [2.05, 4.69) is 0 Å². The van der Waals surface area contributed by atoms with Gasteiger partial charge in [0.25, 0.3) is 0 Å². The third kappa shape index (κ3) is 2.88. The van der Waals surface area contributed by atoms with Gasteiger partial charge in [-0.1, -0.05) is 6.92 Å². The van der Waals surface area contributed by atoms with Crippen LogP contribution >= 0.6 is 0 Å². The van der Waals surface area contributed by atoms with Crippen molar-refractivity contribution in [2.24, 2.45) is 0 Å². The predicted molar refractivity (Wildman–Crippen MR) is 81.3 cm³/mol. The molecule has 1 heterocycles. The molecule has 1 aromatic rings. The molecule has 0 spiro atoms. The molecule has 0 atom stereocenters. The number of ether oxygens (including phenoxy) is 1. The summed E-state index contributed by atoms with van der Waals surface area (Å²) in [5.74, 6) is 0.809. The van der Waals surface area contributed by atoms with Crippen LogP contribution in [0.2, 0.25) is 0 Å². The first-order chi connectivity index (χ1) is 9.56. The van der Waals surface area contributed by atoms with Crippen LogP contribution in [0.3, 0.4) is 0 Å². The van der Waals surface area contributed by atoms with Crippen LogP contribution in [0.15, 0.2) is 12.1 Å². The lowest BCUT2D eigenvalue weighted by Crippen LogP contribution is -2.41. The molecular weight excluding hydrogens is 254 g/mol. The summed E-state index contributed by atoms with van der Waals surface area (Å²) in [5.41, 5.74) is 8.62. The molecule has 0 fully saturated rings. The minimum atomic E-state index is 0.125. The number of fused-ring (bicyclic) bond motifs is 1. The maximum atomic E-state index is 12.4. The summed E-state index contributed by atoms with van der Waals surface area (Å²) in [4.78, 5) is 16.3. The fourth-order valence-electron chi connectivity index (χ4n) is 2.49. The number of amides is 1. The van der Waals surface area contributed by atoms with Crippen LogP contribution in [0.5, 0.6) is 5.75 Å². The molecule has 2 rings (SSSR count). The molecule has 1 aromatic carbocycles. The second-order valence-electron chi connectivity index (χ2n) is 5.20. The molecule has 0 aliphatic carbocycles. The lowest BCUT2D eigenvalue weighted by atomic mass is 10.0. The van der Waals surface area contributed by atoms with Crippen molar-refractivity contribution >= 4 is 17.3 Å². The Kier molecular flexibility index (Phi) is 4.49. The largest absolute Gasteiger partial charge is 0.495 e. The highest BCUT2D eigenvalue weighted by molar-refractivity contribution is 5.96. The zero-order valence-corrected chi connectivity index (χ0v) is 12.5. The van der Waals surface area contributed by atoms with E-state index in [1.807, 2.05) is 35.9 Å². The smallest absolute Gasteiger partial charge is 0.241 e. The Morgan fingerprint density at radius 3 is 2.90 bits per heavy atom. The molecule has 20 heavy (non-hydrogen) atoms. The summed E-state index contributed by atoms with van der Waals surface area (Å²) >= 11 is 0. The maximum Gasteiger partial charge on any atom is 0.241 e. The van der Waals surface area contributed by atoms with Crippen LogP contribution in [0.1, 0.15) is 18.9 Å². The molecule has 2 N–H and O–H groups in total. The zero-order chi connectivity index (χ0) is 14.7. The molecule has 0 saturated carbocycles. The van der Waals surface area contributed by atoms with E-state index in [1.54, 1.807) is 7.11 Å². The number of carbonyl (C=O) groups is 1. The van der Waals surface area contributed by atoms with E-state index in [0.29, 0.717) is 18.0 Å². The molecule has 1 aliphatic rings. The quantitative estimate of drug-likeness (QED) is 0.848. The summed E-state index contributed by atoms with van der Waals surface area (Å²) in [6.07, 6.45) is 1.93. The fourth-order valence-corrected chi connectivity index (χ4v) is 2.49. The number of benzene rings is 1. The van der Waals surface area contributed by atoms with Crippen molar-refractivity contribution in [1.29, 1.82) is 0 Å². The van der Waals surface area contributed by atoms with Crippen LogP contribution in [0, 0.1) is 0 Å². The summed E-state index contributed by atoms with van der Waals surface area (Å²) in [7, 11) is 3.56. The number of methoxy groups -OCH3 is 1. The van der Waals surface area contributed by atoms with Gasteiger partial charge in [0.2, 0.25) is 5.91 Å². The minimum Gasteiger partial charge on any atom is -0.495 e. The van der Waals surface area contributed by atoms with Crippen LogP contribution < -0.4 is 15.4 Å². The lowest BCUT2D eigenvalue weighted by Gasteiger charge is -2.31. The van der Waals surface area contributed by atoms with Crippen molar-refractivity contribution in [2.75, 3.05) is 44.4 Å². The van der Waals surface area contributed by atoms with Crippen LogP contribution in [-0.4, -0.2) is 44.6 Å². The average molecular weight is 277 g/mol. The molecule has 110 valence electrons. The minimum absolute atomic E-state index is 0.125. The third-order valence-corrected chi connectivity index (χ3v) is 3.80. The van der Waals surface area contributed by atoms with Gasteiger partial charge in [0.05, 0.1) is 19.3 Å². The van der Waals surface area contributed by atoms with Crippen molar-refractivity contribution in [3.63, 3.8) is 0 Å². The Morgan fingerprint density at radius 2 is 2.25 bits per heavy atom. The number of likely N-dealkylation sites (N-methyl/N-ethyl adjacent to an activating group) is 1. The van der Waals surface area contributed by atoms with E-state index in [9.17, 15) is 4.79 Å². The predicted octanol–water partition coefficient (Wildman–Crippen LogP) is 1.51. The Labute approximate surface area is 120 Å². The van der Waals surface area contributed by atoms with Gasteiger partial charge in [-0.15, -0.1) is 0 Å². The molecular formula is C15H23N3O2. The first-order valence-corrected chi connectivity index (χ1v) is 7.02. The number of carbonyl (C=O) groups excluding carboxylic acids is 1. The summed E-state index contributed by atoms with van der Waals surface area (Å²) in [6.45, 7) is 4.09. The first-order valence-electron chi connectivity index (χ1n) is 7.02. The second kappa shape index (κ2) is 6.13. The van der Waals surface area contributed by atoms with Crippen LogP contribution in [0.4, 0.5) is 11.4 Å². The van der Waals surface area contributed by atoms with Gasteiger partial charge < -0.3 is 15.4 Å². The highest BCUT2D eigenvalue weighted by Gasteiger charge is 2.24. The first kappa shape index (κ1) is 14.7. The van der Waals surface area contributed by atoms with Gasteiger partial charge in [-0.25, -0.2) is 0 Å². The van der Waals surface area contributed by atoms with E-state index >= 15 is 0 Å². The van der Waals surface area contributed by atoms with Crippen LogP contribution in [-0.2, 0) is 11.2 Å². The number of anilines is 2. The topological polar surface area (TPSA) is 58.8 Å². The number of nitrogens with two attached hydrogens (primary N) is 1.